The third-order valence-corrected chi connectivity index (χ3v) is 7.34. The van der Waals surface area contributed by atoms with Crippen LogP contribution in [0.25, 0.3) is 0 Å². The predicted molar refractivity (Wildman–Crippen MR) is 117 cm³/mol. The maximum atomic E-state index is 2.57. The van der Waals surface area contributed by atoms with Crippen LogP contribution in [0.3, 0.4) is 0 Å². The van der Waals surface area contributed by atoms with Crippen LogP contribution >= 0.6 is 11.8 Å². The monoisotopic (exact) mass is 373 g/mol. The lowest BCUT2D eigenvalue weighted by Crippen LogP contribution is -2.30. The molecule has 0 aromatic heterocycles. The zero-order valence-electron chi connectivity index (χ0n) is 15.9. The van der Waals surface area contributed by atoms with E-state index >= 15 is 0 Å². The first kappa shape index (κ1) is 18.3. The highest BCUT2D eigenvalue weighted by atomic mass is 32.2. The van der Waals surface area contributed by atoms with Gasteiger partial charge in [0.25, 0.3) is 0 Å². The van der Waals surface area contributed by atoms with Crippen molar-refractivity contribution in [3.63, 3.8) is 0 Å². The van der Waals surface area contributed by atoms with Crippen LogP contribution in [0.15, 0.2) is 91.0 Å². The SMILES string of the molecule is CCN1CCC(SC(c2ccccc2)(c2ccccc2)c2ccccc2)C1. The molecule has 1 heterocycles. The average Bonchev–Trinajstić information content (AvgIpc) is 3.21. The Hall–Kier alpha value is -2.03. The number of thioether (sulfide) groups is 1. The molecule has 2 heteroatoms. The molecule has 0 radical (unpaired) electrons. The molecule has 1 atom stereocenters. The molecule has 0 bridgehead atoms. The predicted octanol–water partition coefficient (Wildman–Crippen LogP) is 5.81. The van der Waals surface area contributed by atoms with Crippen LogP contribution < -0.4 is 0 Å². The highest BCUT2D eigenvalue weighted by Gasteiger charge is 2.40. The first-order chi connectivity index (χ1) is 13.3. The van der Waals surface area contributed by atoms with Crippen molar-refractivity contribution < 1.29 is 0 Å². The molecule has 0 spiro atoms. The summed E-state index contributed by atoms with van der Waals surface area (Å²) in [6.07, 6.45) is 1.26. The van der Waals surface area contributed by atoms with Gasteiger partial charge in [-0.25, -0.2) is 0 Å². The van der Waals surface area contributed by atoms with Crippen molar-refractivity contribution in [3.8, 4) is 0 Å². The van der Waals surface area contributed by atoms with Gasteiger partial charge in [-0.15, -0.1) is 11.8 Å². The van der Waals surface area contributed by atoms with Crippen molar-refractivity contribution in [3.05, 3.63) is 108 Å². The van der Waals surface area contributed by atoms with Crippen molar-refractivity contribution in [1.82, 2.24) is 4.90 Å². The van der Waals surface area contributed by atoms with Crippen LogP contribution in [0.2, 0.25) is 0 Å². The van der Waals surface area contributed by atoms with E-state index < -0.39 is 0 Å². The molecule has 0 saturated carbocycles. The fourth-order valence-corrected chi connectivity index (χ4v) is 5.98. The second-order valence-electron chi connectivity index (χ2n) is 7.20. The summed E-state index contributed by atoms with van der Waals surface area (Å²) in [6.45, 7) is 5.80. The lowest BCUT2D eigenvalue weighted by Gasteiger charge is -2.37. The Bertz CT molecular complexity index is 735. The minimum Gasteiger partial charge on any atom is -0.302 e. The Labute approximate surface area is 167 Å². The first-order valence-corrected chi connectivity index (χ1v) is 10.8. The normalized spacial score (nSPS) is 17.9. The second kappa shape index (κ2) is 8.33. The van der Waals surface area contributed by atoms with Gasteiger partial charge in [-0.3, -0.25) is 0 Å². The summed E-state index contributed by atoms with van der Waals surface area (Å²) in [6, 6.07) is 33.1. The van der Waals surface area contributed by atoms with Gasteiger partial charge in [-0.2, -0.15) is 0 Å². The fourth-order valence-electron chi connectivity index (χ4n) is 4.15. The first-order valence-electron chi connectivity index (χ1n) is 9.89. The molecule has 0 aliphatic carbocycles. The van der Waals surface area contributed by atoms with E-state index in [-0.39, 0.29) is 4.75 Å². The Morgan fingerprint density at radius 1 is 0.778 bits per heavy atom. The van der Waals surface area contributed by atoms with Crippen LogP contribution in [-0.2, 0) is 4.75 Å². The quantitative estimate of drug-likeness (QED) is 0.502. The van der Waals surface area contributed by atoms with Gasteiger partial charge in [-0.1, -0.05) is 97.9 Å². The number of benzene rings is 3. The summed E-state index contributed by atoms with van der Waals surface area (Å²) >= 11 is 2.14. The molecule has 0 N–H and O–H groups in total. The number of nitrogens with zero attached hydrogens (tertiary/aromatic N) is 1. The topological polar surface area (TPSA) is 3.24 Å². The Morgan fingerprint density at radius 3 is 1.59 bits per heavy atom. The number of likely N-dealkylation sites (tertiary alicyclic amines) is 1. The molecular formula is C25H27NS. The Morgan fingerprint density at radius 2 is 1.22 bits per heavy atom. The molecule has 3 aromatic carbocycles. The van der Waals surface area contributed by atoms with Crippen LogP contribution in [0.1, 0.15) is 30.0 Å². The molecule has 1 saturated heterocycles. The second-order valence-corrected chi connectivity index (χ2v) is 8.72. The van der Waals surface area contributed by atoms with E-state index in [1.54, 1.807) is 0 Å². The largest absolute Gasteiger partial charge is 0.302 e. The molecule has 3 aromatic rings. The van der Waals surface area contributed by atoms with Crippen molar-refractivity contribution in [2.24, 2.45) is 0 Å². The summed E-state index contributed by atoms with van der Waals surface area (Å²) in [5.74, 6) is 0. The molecule has 1 aliphatic rings. The molecule has 4 rings (SSSR count). The summed E-state index contributed by atoms with van der Waals surface area (Å²) in [5, 5.41) is 0.630. The van der Waals surface area contributed by atoms with Crippen LogP contribution in [0.4, 0.5) is 0 Å². The van der Waals surface area contributed by atoms with Gasteiger partial charge in [0.15, 0.2) is 0 Å². The molecule has 1 nitrogen and oxygen atoms in total. The minimum absolute atomic E-state index is 0.182. The summed E-state index contributed by atoms with van der Waals surface area (Å²) in [5.41, 5.74) is 4.09. The molecule has 1 fully saturated rings. The van der Waals surface area contributed by atoms with Gasteiger partial charge < -0.3 is 4.90 Å². The number of rotatable bonds is 6. The van der Waals surface area contributed by atoms with E-state index in [1.165, 1.54) is 36.2 Å². The number of hydrogen-bond acceptors (Lipinski definition) is 2. The third kappa shape index (κ3) is 3.69. The van der Waals surface area contributed by atoms with Gasteiger partial charge in [-0.05, 0) is 36.2 Å². The van der Waals surface area contributed by atoms with E-state index in [1.807, 2.05) is 0 Å². The third-order valence-electron chi connectivity index (χ3n) is 5.56. The molecular weight excluding hydrogens is 346 g/mol. The van der Waals surface area contributed by atoms with Gasteiger partial charge in [0.05, 0.1) is 4.75 Å². The zero-order valence-corrected chi connectivity index (χ0v) is 16.7. The van der Waals surface area contributed by atoms with E-state index in [4.69, 9.17) is 0 Å². The summed E-state index contributed by atoms with van der Waals surface area (Å²) in [7, 11) is 0. The molecule has 1 aliphatic heterocycles. The Balaban J connectivity index is 1.87. The summed E-state index contributed by atoms with van der Waals surface area (Å²) < 4.78 is -0.182. The lowest BCUT2D eigenvalue weighted by molar-refractivity contribution is 0.360. The van der Waals surface area contributed by atoms with E-state index in [9.17, 15) is 0 Å². The standard InChI is InChI=1S/C25H27NS/c1-2-26-19-18-24(20-26)27-25(21-12-6-3-7-13-21,22-14-8-4-9-15-22)23-16-10-5-11-17-23/h3-17,24H,2,18-20H2,1H3. The smallest absolute Gasteiger partial charge is 0.0910 e. The van der Waals surface area contributed by atoms with Crippen molar-refractivity contribution >= 4 is 11.8 Å². The number of hydrogen-bond donors (Lipinski definition) is 0. The highest BCUT2D eigenvalue weighted by Crippen LogP contribution is 2.51. The van der Waals surface area contributed by atoms with E-state index in [0.717, 1.165) is 6.54 Å². The van der Waals surface area contributed by atoms with Crippen molar-refractivity contribution in [2.45, 2.75) is 23.3 Å². The van der Waals surface area contributed by atoms with Crippen molar-refractivity contribution in [1.29, 1.82) is 0 Å². The molecule has 27 heavy (non-hydrogen) atoms. The van der Waals surface area contributed by atoms with Crippen LogP contribution in [0, 0.1) is 0 Å². The van der Waals surface area contributed by atoms with Gasteiger partial charge >= 0.3 is 0 Å². The van der Waals surface area contributed by atoms with Gasteiger partial charge in [0, 0.05) is 11.8 Å². The van der Waals surface area contributed by atoms with Crippen LogP contribution in [-0.4, -0.2) is 29.8 Å². The average molecular weight is 374 g/mol. The lowest BCUT2D eigenvalue weighted by atomic mass is 9.84. The maximum absolute atomic E-state index is 2.57. The van der Waals surface area contributed by atoms with Gasteiger partial charge in [0.1, 0.15) is 0 Å². The van der Waals surface area contributed by atoms with E-state index in [0.29, 0.717) is 5.25 Å². The highest BCUT2D eigenvalue weighted by molar-refractivity contribution is 8.01. The molecule has 1 unspecified atom stereocenters. The zero-order chi connectivity index (χ0) is 18.5. The Kier molecular flexibility index (Phi) is 5.66. The van der Waals surface area contributed by atoms with E-state index in [2.05, 4.69) is 115 Å². The van der Waals surface area contributed by atoms with Crippen molar-refractivity contribution in [2.75, 3.05) is 19.6 Å². The summed E-state index contributed by atoms with van der Waals surface area (Å²) in [4.78, 5) is 2.57. The fraction of sp³-hybridized carbons (Fsp3) is 0.280. The minimum atomic E-state index is -0.182. The van der Waals surface area contributed by atoms with Crippen LogP contribution in [0.5, 0.6) is 0 Å². The molecule has 138 valence electrons. The maximum Gasteiger partial charge on any atom is 0.0910 e. The van der Waals surface area contributed by atoms with Gasteiger partial charge in [0.2, 0.25) is 0 Å². The molecule has 0 amide bonds.